The van der Waals surface area contributed by atoms with Gasteiger partial charge < -0.3 is 10.2 Å². The number of carbonyl (C=O) groups is 2. The molecule has 2 aliphatic rings. The number of likely N-dealkylation sites (tertiary alicyclic amines) is 1. The summed E-state index contributed by atoms with van der Waals surface area (Å²) in [6, 6.07) is 3.20. The van der Waals surface area contributed by atoms with Crippen LogP contribution in [0.4, 0.5) is 0 Å². The highest BCUT2D eigenvalue weighted by molar-refractivity contribution is 6.29. The molecule has 1 aromatic heterocycles. The van der Waals surface area contributed by atoms with E-state index in [1.807, 2.05) is 4.90 Å². The van der Waals surface area contributed by atoms with Crippen molar-refractivity contribution < 1.29 is 9.59 Å². The van der Waals surface area contributed by atoms with Gasteiger partial charge in [-0.3, -0.25) is 9.59 Å². The van der Waals surface area contributed by atoms with Crippen LogP contribution < -0.4 is 5.32 Å². The number of piperidine rings is 1. The highest BCUT2D eigenvalue weighted by Gasteiger charge is 2.35. The molecular formula is C16H20ClN3O2. The summed E-state index contributed by atoms with van der Waals surface area (Å²) in [6.07, 6.45) is 5.67. The van der Waals surface area contributed by atoms with E-state index in [1.54, 1.807) is 12.1 Å². The zero-order chi connectivity index (χ0) is 15.5. The number of hydrogen-bond donors (Lipinski definition) is 1. The molecule has 0 aromatic carbocycles. The average Bonchev–Trinajstić information content (AvgIpc) is 3.37. The van der Waals surface area contributed by atoms with Crippen LogP contribution in [0.2, 0.25) is 5.15 Å². The van der Waals surface area contributed by atoms with E-state index in [2.05, 4.69) is 10.3 Å². The zero-order valence-electron chi connectivity index (χ0n) is 12.4. The van der Waals surface area contributed by atoms with Crippen LogP contribution in [0.15, 0.2) is 18.3 Å². The lowest BCUT2D eigenvalue weighted by atomic mass is 9.97. The predicted octanol–water partition coefficient (Wildman–Crippen LogP) is 2.11. The molecule has 5 nitrogen and oxygen atoms in total. The number of hydrogen-bond acceptors (Lipinski definition) is 3. The molecule has 2 fully saturated rings. The maximum Gasteiger partial charge on any atom is 0.251 e. The minimum Gasteiger partial charge on any atom is -0.352 e. The zero-order valence-corrected chi connectivity index (χ0v) is 13.2. The molecule has 1 atom stereocenters. The molecule has 1 aromatic rings. The smallest absolute Gasteiger partial charge is 0.251 e. The first-order chi connectivity index (χ1) is 10.6. The van der Waals surface area contributed by atoms with Gasteiger partial charge in [-0.15, -0.1) is 0 Å². The SMILES string of the molecule is O=C(NC[C@@H]1CCCN(C(=O)C2CC2)C1)c1ccnc(Cl)c1. The number of aromatic nitrogens is 1. The lowest BCUT2D eigenvalue weighted by molar-refractivity contribution is -0.134. The van der Waals surface area contributed by atoms with Gasteiger partial charge in [-0.2, -0.15) is 0 Å². The molecule has 1 aliphatic heterocycles. The summed E-state index contributed by atoms with van der Waals surface area (Å²) < 4.78 is 0. The third-order valence-corrected chi connectivity index (χ3v) is 4.50. The molecule has 0 unspecified atom stereocenters. The van der Waals surface area contributed by atoms with Gasteiger partial charge >= 0.3 is 0 Å². The Morgan fingerprint density at radius 3 is 2.91 bits per heavy atom. The Morgan fingerprint density at radius 1 is 1.36 bits per heavy atom. The van der Waals surface area contributed by atoms with E-state index >= 15 is 0 Å². The second kappa shape index (κ2) is 6.65. The molecule has 22 heavy (non-hydrogen) atoms. The Hall–Kier alpha value is -1.62. The fourth-order valence-electron chi connectivity index (χ4n) is 2.90. The molecule has 2 heterocycles. The van der Waals surface area contributed by atoms with Crippen LogP contribution >= 0.6 is 11.6 Å². The molecule has 2 amide bonds. The second-order valence-electron chi connectivity index (χ2n) is 6.14. The Morgan fingerprint density at radius 2 is 2.18 bits per heavy atom. The number of nitrogens with one attached hydrogen (secondary N) is 1. The lowest BCUT2D eigenvalue weighted by Gasteiger charge is -2.33. The minimum absolute atomic E-state index is 0.144. The van der Waals surface area contributed by atoms with Crippen LogP contribution in [-0.2, 0) is 4.79 Å². The van der Waals surface area contributed by atoms with Gasteiger partial charge in [-0.05, 0) is 43.7 Å². The normalized spacial score (nSPS) is 21.5. The predicted molar refractivity (Wildman–Crippen MR) is 83.6 cm³/mol. The highest BCUT2D eigenvalue weighted by Crippen LogP contribution is 2.32. The van der Waals surface area contributed by atoms with E-state index in [-0.39, 0.29) is 11.8 Å². The van der Waals surface area contributed by atoms with Crippen molar-refractivity contribution in [1.29, 1.82) is 0 Å². The summed E-state index contributed by atoms with van der Waals surface area (Å²) in [6.45, 7) is 2.21. The van der Waals surface area contributed by atoms with Crippen molar-refractivity contribution in [2.75, 3.05) is 19.6 Å². The first-order valence-electron chi connectivity index (χ1n) is 7.82. The molecule has 0 radical (unpaired) electrons. The third-order valence-electron chi connectivity index (χ3n) is 4.30. The standard InChI is InChI=1S/C16H20ClN3O2/c17-14-8-13(5-6-18-14)15(21)19-9-11-2-1-7-20(10-11)16(22)12-3-4-12/h5-6,8,11-12H,1-4,7,9-10H2,(H,19,21)/t11-/m0/s1. The Labute approximate surface area is 135 Å². The summed E-state index contributed by atoms with van der Waals surface area (Å²) in [5, 5.41) is 3.25. The summed E-state index contributed by atoms with van der Waals surface area (Å²) in [5.41, 5.74) is 0.515. The maximum absolute atomic E-state index is 12.1. The monoisotopic (exact) mass is 321 g/mol. The van der Waals surface area contributed by atoms with Crippen molar-refractivity contribution in [3.05, 3.63) is 29.0 Å². The molecule has 1 aliphatic carbocycles. The number of nitrogens with zero attached hydrogens (tertiary/aromatic N) is 2. The molecule has 1 saturated heterocycles. The van der Waals surface area contributed by atoms with Crippen molar-refractivity contribution in [3.63, 3.8) is 0 Å². The maximum atomic E-state index is 12.1. The van der Waals surface area contributed by atoms with Gasteiger partial charge in [-0.1, -0.05) is 11.6 Å². The Kier molecular flexibility index (Phi) is 4.62. The van der Waals surface area contributed by atoms with Crippen LogP contribution in [0.1, 0.15) is 36.0 Å². The molecule has 6 heteroatoms. The van der Waals surface area contributed by atoms with E-state index in [1.165, 1.54) is 6.20 Å². The van der Waals surface area contributed by atoms with Gasteiger partial charge in [0, 0.05) is 37.3 Å². The topological polar surface area (TPSA) is 62.3 Å². The summed E-state index contributed by atoms with van der Waals surface area (Å²) in [7, 11) is 0. The second-order valence-corrected chi connectivity index (χ2v) is 6.53. The summed E-state index contributed by atoms with van der Waals surface area (Å²) in [5.74, 6) is 0.761. The molecular weight excluding hydrogens is 302 g/mol. The van der Waals surface area contributed by atoms with Crippen LogP contribution in [0.3, 0.4) is 0 Å². The number of pyridine rings is 1. The van der Waals surface area contributed by atoms with Crippen molar-refractivity contribution >= 4 is 23.4 Å². The quantitative estimate of drug-likeness (QED) is 0.864. The molecule has 0 bridgehead atoms. The average molecular weight is 322 g/mol. The number of rotatable bonds is 4. The largest absolute Gasteiger partial charge is 0.352 e. The summed E-state index contributed by atoms with van der Waals surface area (Å²) >= 11 is 5.79. The first-order valence-corrected chi connectivity index (χ1v) is 8.20. The van der Waals surface area contributed by atoms with Gasteiger partial charge in [0.15, 0.2) is 0 Å². The molecule has 1 N–H and O–H groups in total. The van der Waals surface area contributed by atoms with Crippen LogP contribution in [-0.4, -0.2) is 41.3 Å². The van der Waals surface area contributed by atoms with Gasteiger partial charge in [0.05, 0.1) is 0 Å². The van der Waals surface area contributed by atoms with E-state index in [9.17, 15) is 9.59 Å². The molecule has 118 valence electrons. The van der Waals surface area contributed by atoms with Crippen LogP contribution in [0.5, 0.6) is 0 Å². The van der Waals surface area contributed by atoms with E-state index in [0.717, 1.165) is 38.8 Å². The van der Waals surface area contributed by atoms with Crippen molar-refractivity contribution in [3.8, 4) is 0 Å². The minimum atomic E-state index is -0.144. The van der Waals surface area contributed by atoms with Crippen molar-refractivity contribution in [2.24, 2.45) is 11.8 Å². The van der Waals surface area contributed by atoms with Crippen molar-refractivity contribution in [1.82, 2.24) is 15.2 Å². The van der Waals surface area contributed by atoms with Gasteiger partial charge in [-0.25, -0.2) is 4.98 Å². The Balaban J connectivity index is 1.50. The fourth-order valence-corrected chi connectivity index (χ4v) is 3.08. The first kappa shape index (κ1) is 15.3. The van der Waals surface area contributed by atoms with Gasteiger partial charge in [0.2, 0.25) is 5.91 Å². The molecule has 1 saturated carbocycles. The van der Waals surface area contributed by atoms with Gasteiger partial charge in [0.1, 0.15) is 5.15 Å². The van der Waals surface area contributed by atoms with E-state index < -0.39 is 0 Å². The Bertz CT molecular complexity index is 574. The number of halogens is 1. The highest BCUT2D eigenvalue weighted by atomic mass is 35.5. The van der Waals surface area contributed by atoms with E-state index in [4.69, 9.17) is 11.6 Å². The molecule has 0 spiro atoms. The summed E-state index contributed by atoms with van der Waals surface area (Å²) in [4.78, 5) is 30.1. The van der Waals surface area contributed by atoms with Gasteiger partial charge in [0.25, 0.3) is 5.91 Å². The van der Waals surface area contributed by atoms with Crippen molar-refractivity contribution in [2.45, 2.75) is 25.7 Å². The third kappa shape index (κ3) is 3.77. The molecule has 3 rings (SSSR count). The van der Waals surface area contributed by atoms with E-state index in [0.29, 0.717) is 29.1 Å². The number of amides is 2. The van der Waals surface area contributed by atoms with Crippen LogP contribution in [0, 0.1) is 11.8 Å². The number of carbonyl (C=O) groups excluding carboxylic acids is 2. The lowest BCUT2D eigenvalue weighted by Crippen LogP contribution is -2.44. The van der Waals surface area contributed by atoms with Crippen LogP contribution in [0.25, 0.3) is 0 Å². The fraction of sp³-hybridized carbons (Fsp3) is 0.562.